The first-order chi connectivity index (χ1) is 9.48. The van der Waals surface area contributed by atoms with Crippen molar-refractivity contribution in [1.29, 1.82) is 0 Å². The summed E-state index contributed by atoms with van der Waals surface area (Å²) in [6.45, 7) is 4.33. The van der Waals surface area contributed by atoms with Gasteiger partial charge in [0.15, 0.2) is 0 Å². The summed E-state index contributed by atoms with van der Waals surface area (Å²) in [7, 11) is 0. The summed E-state index contributed by atoms with van der Waals surface area (Å²) >= 11 is 4.02. The molecule has 1 heterocycles. The van der Waals surface area contributed by atoms with Crippen molar-refractivity contribution < 1.29 is 4.79 Å². The Hall–Kier alpha value is -0.0500. The van der Waals surface area contributed by atoms with Crippen LogP contribution in [-0.4, -0.2) is 28.2 Å². The molecule has 1 amide bonds. The molecule has 0 aromatic heterocycles. The van der Waals surface area contributed by atoms with Crippen LogP contribution < -0.4 is 0 Å². The first-order valence-electron chi connectivity index (χ1n) is 8.46. The van der Waals surface area contributed by atoms with Gasteiger partial charge in [0.2, 0.25) is 5.91 Å². The minimum absolute atomic E-state index is 0.00810. The van der Waals surface area contributed by atoms with Crippen LogP contribution in [0.15, 0.2) is 0 Å². The van der Waals surface area contributed by atoms with Crippen LogP contribution in [0.3, 0.4) is 0 Å². The van der Waals surface area contributed by atoms with Gasteiger partial charge >= 0.3 is 0 Å². The maximum atomic E-state index is 13.2. The molecule has 0 aromatic carbocycles. The SMILES string of the molecule is CC1CCN(C(=O)C23CC4CC(CC(Br)(C4)C2)C3)CC1. The number of halogens is 1. The average Bonchev–Trinajstić information content (AvgIpc) is 2.36. The number of likely N-dealkylation sites (tertiary alicyclic amines) is 1. The molecule has 4 aliphatic carbocycles. The Bertz CT molecular complexity index is 413. The molecule has 2 nitrogen and oxygen atoms in total. The van der Waals surface area contributed by atoms with E-state index in [-0.39, 0.29) is 5.41 Å². The Morgan fingerprint density at radius 2 is 1.70 bits per heavy atom. The van der Waals surface area contributed by atoms with Gasteiger partial charge in [0.05, 0.1) is 5.41 Å². The van der Waals surface area contributed by atoms with E-state index in [1.165, 1.54) is 44.9 Å². The van der Waals surface area contributed by atoms with E-state index in [0.29, 0.717) is 10.2 Å². The van der Waals surface area contributed by atoms with Crippen LogP contribution in [0.1, 0.15) is 58.3 Å². The third-order valence-corrected chi connectivity index (χ3v) is 7.44. The van der Waals surface area contributed by atoms with Crippen molar-refractivity contribution in [3.05, 3.63) is 0 Å². The van der Waals surface area contributed by atoms with Crippen molar-refractivity contribution in [3.8, 4) is 0 Å². The topological polar surface area (TPSA) is 20.3 Å². The smallest absolute Gasteiger partial charge is 0.228 e. The largest absolute Gasteiger partial charge is 0.342 e. The number of carbonyl (C=O) groups excluding carboxylic acids is 1. The van der Waals surface area contributed by atoms with Gasteiger partial charge in [0.1, 0.15) is 0 Å². The number of carbonyl (C=O) groups is 1. The van der Waals surface area contributed by atoms with Crippen molar-refractivity contribution >= 4 is 21.8 Å². The van der Waals surface area contributed by atoms with Crippen molar-refractivity contribution in [2.24, 2.45) is 23.2 Å². The third kappa shape index (κ3) is 2.07. The first kappa shape index (κ1) is 13.6. The van der Waals surface area contributed by atoms with Crippen molar-refractivity contribution in [2.45, 2.75) is 62.6 Å². The second-order valence-corrected chi connectivity index (χ2v) is 10.0. The highest BCUT2D eigenvalue weighted by atomic mass is 79.9. The third-order valence-electron chi connectivity index (χ3n) is 6.51. The second-order valence-electron chi connectivity index (χ2n) is 8.37. The standard InChI is InChI=1S/C17H26BrNO/c1-12-2-4-19(5-3-12)15(20)16-7-13-6-14(8-16)10-17(18,9-13)11-16/h12-14H,2-11H2,1H3. The van der Waals surface area contributed by atoms with Crippen LogP contribution >= 0.6 is 15.9 Å². The average molecular weight is 340 g/mol. The predicted octanol–water partition coefficient (Wildman–Crippen LogP) is 3.98. The zero-order valence-corrected chi connectivity index (χ0v) is 14.1. The number of alkyl halides is 1. The Morgan fingerprint density at radius 3 is 2.25 bits per heavy atom. The Kier molecular flexibility index (Phi) is 3.04. The molecule has 5 fully saturated rings. The lowest BCUT2D eigenvalue weighted by Crippen LogP contribution is -2.59. The lowest BCUT2D eigenvalue weighted by Gasteiger charge is -2.60. The van der Waals surface area contributed by atoms with Gasteiger partial charge in [0.25, 0.3) is 0 Å². The molecule has 2 unspecified atom stereocenters. The van der Waals surface area contributed by atoms with E-state index in [9.17, 15) is 4.79 Å². The van der Waals surface area contributed by atoms with Gasteiger partial charge in [0, 0.05) is 17.4 Å². The van der Waals surface area contributed by atoms with Crippen LogP contribution in [0.2, 0.25) is 0 Å². The van der Waals surface area contributed by atoms with Crippen LogP contribution in [-0.2, 0) is 4.79 Å². The quantitative estimate of drug-likeness (QED) is 0.661. The van der Waals surface area contributed by atoms with Crippen LogP contribution in [0.25, 0.3) is 0 Å². The fraction of sp³-hybridized carbons (Fsp3) is 0.941. The Labute approximate surface area is 130 Å². The van der Waals surface area contributed by atoms with Gasteiger partial charge in [-0.15, -0.1) is 0 Å². The van der Waals surface area contributed by atoms with E-state index >= 15 is 0 Å². The minimum atomic E-state index is 0.00810. The number of rotatable bonds is 1. The lowest BCUT2D eigenvalue weighted by molar-refractivity contribution is -0.156. The molecule has 3 heteroatoms. The van der Waals surface area contributed by atoms with Gasteiger partial charge in [-0.05, 0) is 69.1 Å². The molecule has 0 N–H and O–H groups in total. The van der Waals surface area contributed by atoms with E-state index in [1.807, 2.05) is 0 Å². The van der Waals surface area contributed by atoms with Gasteiger partial charge in [-0.25, -0.2) is 0 Å². The summed E-state index contributed by atoms with van der Waals surface area (Å²) in [6.07, 6.45) is 9.90. The van der Waals surface area contributed by atoms with Crippen molar-refractivity contribution in [2.75, 3.05) is 13.1 Å². The molecule has 5 aliphatic rings. The molecule has 0 radical (unpaired) electrons. The maximum Gasteiger partial charge on any atom is 0.228 e. The first-order valence-corrected chi connectivity index (χ1v) is 9.26. The summed E-state index contributed by atoms with van der Waals surface area (Å²) in [5, 5.41) is 0. The van der Waals surface area contributed by atoms with Gasteiger partial charge in [-0.1, -0.05) is 22.9 Å². The molecule has 4 saturated carbocycles. The Balaban J connectivity index is 1.56. The van der Waals surface area contributed by atoms with Gasteiger partial charge in [-0.2, -0.15) is 0 Å². The summed E-state index contributed by atoms with van der Waals surface area (Å²) < 4.78 is 0.301. The number of hydrogen-bond acceptors (Lipinski definition) is 1. The maximum absolute atomic E-state index is 13.2. The van der Waals surface area contributed by atoms with E-state index in [4.69, 9.17) is 0 Å². The molecule has 0 spiro atoms. The van der Waals surface area contributed by atoms with Gasteiger partial charge in [-0.3, -0.25) is 4.79 Å². The summed E-state index contributed by atoms with van der Waals surface area (Å²) in [6, 6.07) is 0. The van der Waals surface area contributed by atoms with E-state index in [1.54, 1.807) is 0 Å². The number of amides is 1. The fourth-order valence-electron chi connectivity index (χ4n) is 5.95. The highest BCUT2D eigenvalue weighted by Gasteiger charge is 2.60. The molecule has 112 valence electrons. The van der Waals surface area contributed by atoms with Crippen LogP contribution in [0, 0.1) is 23.2 Å². The van der Waals surface area contributed by atoms with Crippen molar-refractivity contribution in [1.82, 2.24) is 4.90 Å². The normalized spacial score (nSPS) is 47.8. The van der Waals surface area contributed by atoms with Crippen molar-refractivity contribution in [3.63, 3.8) is 0 Å². The number of piperidine rings is 1. The monoisotopic (exact) mass is 339 g/mol. The lowest BCUT2D eigenvalue weighted by atomic mass is 9.49. The summed E-state index contributed by atoms with van der Waals surface area (Å²) in [4.78, 5) is 15.4. The minimum Gasteiger partial charge on any atom is -0.342 e. The molecule has 5 rings (SSSR count). The molecule has 20 heavy (non-hydrogen) atoms. The van der Waals surface area contributed by atoms with Crippen LogP contribution in [0.5, 0.6) is 0 Å². The molecular weight excluding hydrogens is 314 g/mol. The molecule has 1 aliphatic heterocycles. The molecule has 1 saturated heterocycles. The molecule has 4 bridgehead atoms. The second kappa shape index (κ2) is 4.47. The molecule has 0 aromatic rings. The van der Waals surface area contributed by atoms with Crippen LogP contribution in [0.4, 0.5) is 0 Å². The highest BCUT2D eigenvalue weighted by molar-refractivity contribution is 9.10. The van der Waals surface area contributed by atoms with E-state index < -0.39 is 0 Å². The zero-order chi connectivity index (χ0) is 14.0. The predicted molar refractivity (Wildman–Crippen MR) is 83.8 cm³/mol. The number of nitrogens with zero attached hydrogens (tertiary/aromatic N) is 1. The number of hydrogen-bond donors (Lipinski definition) is 0. The summed E-state index contributed by atoms with van der Waals surface area (Å²) in [5.41, 5.74) is 0.00810. The Morgan fingerprint density at radius 1 is 1.10 bits per heavy atom. The van der Waals surface area contributed by atoms with Gasteiger partial charge < -0.3 is 4.90 Å². The van der Waals surface area contributed by atoms with E-state index in [2.05, 4.69) is 27.8 Å². The zero-order valence-electron chi connectivity index (χ0n) is 12.5. The molecule has 2 atom stereocenters. The van der Waals surface area contributed by atoms with E-state index in [0.717, 1.165) is 37.3 Å². The fourth-order valence-corrected chi connectivity index (χ4v) is 7.40. The summed E-state index contributed by atoms with van der Waals surface area (Å²) in [5.74, 6) is 2.94. The highest BCUT2D eigenvalue weighted by Crippen LogP contribution is 2.64. The molecular formula is C17H26BrNO.